The molecule has 0 atom stereocenters. The molecule has 0 unspecified atom stereocenters. The van der Waals surface area contributed by atoms with Gasteiger partial charge in [0.25, 0.3) is 0 Å². The highest BCUT2D eigenvalue weighted by Gasteiger charge is 2.12. The van der Waals surface area contributed by atoms with Crippen LogP contribution in [0.15, 0.2) is 30.7 Å². The minimum absolute atomic E-state index is 0.178. The van der Waals surface area contributed by atoms with E-state index in [1.165, 1.54) is 35.3 Å². The van der Waals surface area contributed by atoms with Gasteiger partial charge in [-0.1, -0.05) is 11.6 Å². The molecule has 0 saturated carbocycles. The molecule has 0 aliphatic heterocycles. The van der Waals surface area contributed by atoms with Gasteiger partial charge in [0.05, 0.1) is 17.3 Å². The summed E-state index contributed by atoms with van der Waals surface area (Å²) in [6, 6.07) is 3.99. The van der Waals surface area contributed by atoms with Crippen molar-refractivity contribution in [3.63, 3.8) is 0 Å². The van der Waals surface area contributed by atoms with Gasteiger partial charge in [-0.2, -0.15) is 0 Å². The predicted octanol–water partition coefficient (Wildman–Crippen LogP) is 2.84. The molecule has 0 radical (unpaired) electrons. The fraction of sp³-hybridized carbons (Fsp3) is 0.167. The van der Waals surface area contributed by atoms with Gasteiger partial charge in [-0.15, -0.1) is 0 Å². The van der Waals surface area contributed by atoms with Crippen molar-refractivity contribution in [3.05, 3.63) is 47.3 Å². The molecule has 94 valence electrons. The van der Waals surface area contributed by atoms with E-state index in [0.717, 1.165) is 0 Å². The molecule has 1 aromatic heterocycles. The molecule has 0 fully saturated rings. The average molecular weight is 269 g/mol. The van der Waals surface area contributed by atoms with E-state index in [4.69, 9.17) is 16.3 Å². The summed E-state index contributed by atoms with van der Waals surface area (Å²) in [5.74, 6) is -0.927. The zero-order valence-corrected chi connectivity index (χ0v) is 10.3. The number of halogens is 2. The molecule has 0 bridgehead atoms. The number of nitrogens with zero attached hydrogens (tertiary/aromatic N) is 2. The Balaban J connectivity index is 2.32. The molecular formula is C12H10ClFN2O2. The van der Waals surface area contributed by atoms with Gasteiger partial charge in [0.15, 0.2) is 5.69 Å². The Hall–Kier alpha value is -1.88. The highest BCUT2D eigenvalue weighted by Crippen LogP contribution is 2.21. The number of carbonyl (C=O) groups is 1. The van der Waals surface area contributed by atoms with Crippen molar-refractivity contribution in [3.8, 4) is 5.69 Å². The third-order valence-electron chi connectivity index (χ3n) is 2.26. The number of aromatic nitrogens is 2. The third-order valence-corrected chi connectivity index (χ3v) is 2.56. The molecule has 18 heavy (non-hydrogen) atoms. The fourth-order valence-electron chi connectivity index (χ4n) is 1.46. The molecule has 0 spiro atoms. The van der Waals surface area contributed by atoms with Gasteiger partial charge < -0.3 is 9.30 Å². The Morgan fingerprint density at radius 2 is 2.33 bits per heavy atom. The first-order valence-electron chi connectivity index (χ1n) is 5.28. The standard InChI is InChI=1S/C12H10ClFN2O2/c1-2-18-12(17)10-6-16(7-15-10)11-4-3-8(14)5-9(11)13/h3-7H,2H2,1H3. The van der Waals surface area contributed by atoms with E-state index in [-0.39, 0.29) is 17.3 Å². The highest BCUT2D eigenvalue weighted by molar-refractivity contribution is 6.32. The molecule has 0 aliphatic carbocycles. The summed E-state index contributed by atoms with van der Waals surface area (Å²) in [5.41, 5.74) is 0.721. The molecular weight excluding hydrogens is 259 g/mol. The molecule has 0 aliphatic rings. The maximum Gasteiger partial charge on any atom is 0.358 e. The SMILES string of the molecule is CCOC(=O)c1cn(-c2ccc(F)cc2Cl)cn1. The third kappa shape index (κ3) is 2.51. The van der Waals surface area contributed by atoms with Crippen LogP contribution >= 0.6 is 11.6 Å². The van der Waals surface area contributed by atoms with Gasteiger partial charge in [0, 0.05) is 6.20 Å². The number of rotatable bonds is 3. The monoisotopic (exact) mass is 268 g/mol. The molecule has 0 amide bonds. The van der Waals surface area contributed by atoms with Crippen LogP contribution in [0.1, 0.15) is 17.4 Å². The van der Waals surface area contributed by atoms with E-state index < -0.39 is 11.8 Å². The van der Waals surface area contributed by atoms with Gasteiger partial charge in [-0.3, -0.25) is 0 Å². The molecule has 1 aromatic carbocycles. The van der Waals surface area contributed by atoms with Crippen LogP contribution in [0, 0.1) is 5.82 Å². The first-order valence-corrected chi connectivity index (χ1v) is 5.66. The van der Waals surface area contributed by atoms with Crippen LogP contribution in [0.4, 0.5) is 4.39 Å². The average Bonchev–Trinajstić information content (AvgIpc) is 2.78. The van der Waals surface area contributed by atoms with Crippen LogP contribution in [0.2, 0.25) is 5.02 Å². The van der Waals surface area contributed by atoms with Crippen molar-refractivity contribution < 1.29 is 13.9 Å². The number of hydrogen-bond acceptors (Lipinski definition) is 3. The normalized spacial score (nSPS) is 10.4. The Bertz CT molecular complexity index is 583. The van der Waals surface area contributed by atoms with Gasteiger partial charge >= 0.3 is 5.97 Å². The van der Waals surface area contributed by atoms with Crippen molar-refractivity contribution >= 4 is 17.6 Å². The summed E-state index contributed by atoms with van der Waals surface area (Å²) in [5, 5.41) is 0.239. The molecule has 2 aromatic rings. The van der Waals surface area contributed by atoms with E-state index in [2.05, 4.69) is 4.98 Å². The first kappa shape index (κ1) is 12.6. The summed E-state index contributed by atoms with van der Waals surface area (Å²) >= 11 is 5.91. The fourth-order valence-corrected chi connectivity index (χ4v) is 1.72. The minimum atomic E-state index is -0.505. The van der Waals surface area contributed by atoms with E-state index in [0.29, 0.717) is 5.69 Å². The quantitative estimate of drug-likeness (QED) is 0.804. The van der Waals surface area contributed by atoms with Crippen LogP contribution in [-0.2, 0) is 4.74 Å². The van der Waals surface area contributed by atoms with Crippen LogP contribution in [-0.4, -0.2) is 22.1 Å². The number of carbonyl (C=O) groups excluding carboxylic acids is 1. The van der Waals surface area contributed by atoms with Gasteiger partial charge in [-0.25, -0.2) is 14.2 Å². The second kappa shape index (κ2) is 5.18. The number of ether oxygens (including phenoxy) is 1. The first-order chi connectivity index (χ1) is 8.61. The summed E-state index contributed by atoms with van der Waals surface area (Å²) in [4.78, 5) is 15.3. The van der Waals surface area contributed by atoms with Crippen molar-refractivity contribution in [1.82, 2.24) is 9.55 Å². The van der Waals surface area contributed by atoms with Crippen molar-refractivity contribution in [2.75, 3.05) is 6.61 Å². The van der Waals surface area contributed by atoms with Crippen LogP contribution < -0.4 is 0 Å². The Labute approximate surface area is 108 Å². The minimum Gasteiger partial charge on any atom is -0.461 e. The zero-order chi connectivity index (χ0) is 13.1. The number of imidazole rings is 1. The lowest BCUT2D eigenvalue weighted by molar-refractivity contribution is 0.0520. The number of benzene rings is 1. The van der Waals surface area contributed by atoms with Crippen LogP contribution in [0.25, 0.3) is 5.69 Å². The summed E-state index contributed by atoms with van der Waals surface area (Å²) < 4.78 is 19.3. The highest BCUT2D eigenvalue weighted by atomic mass is 35.5. The molecule has 0 saturated heterocycles. The molecule has 0 N–H and O–H groups in total. The lowest BCUT2D eigenvalue weighted by Gasteiger charge is -2.04. The van der Waals surface area contributed by atoms with E-state index in [9.17, 15) is 9.18 Å². The number of hydrogen-bond donors (Lipinski definition) is 0. The molecule has 2 rings (SSSR count). The maximum absolute atomic E-state index is 12.9. The second-order valence-corrected chi connectivity index (χ2v) is 3.89. The van der Waals surface area contributed by atoms with Gasteiger partial charge in [0.2, 0.25) is 0 Å². The smallest absolute Gasteiger partial charge is 0.358 e. The Morgan fingerprint density at radius 3 is 3.00 bits per heavy atom. The van der Waals surface area contributed by atoms with Crippen molar-refractivity contribution in [2.24, 2.45) is 0 Å². The molecule has 4 nitrogen and oxygen atoms in total. The molecule has 1 heterocycles. The Kier molecular flexibility index (Phi) is 3.62. The van der Waals surface area contributed by atoms with Crippen LogP contribution in [0.3, 0.4) is 0 Å². The summed E-state index contributed by atoms with van der Waals surface area (Å²) in [6.07, 6.45) is 2.91. The summed E-state index contributed by atoms with van der Waals surface area (Å²) in [7, 11) is 0. The Morgan fingerprint density at radius 1 is 1.56 bits per heavy atom. The molecule has 6 heteroatoms. The van der Waals surface area contributed by atoms with Crippen molar-refractivity contribution in [1.29, 1.82) is 0 Å². The van der Waals surface area contributed by atoms with Gasteiger partial charge in [0.1, 0.15) is 12.1 Å². The van der Waals surface area contributed by atoms with E-state index >= 15 is 0 Å². The maximum atomic E-state index is 12.9. The van der Waals surface area contributed by atoms with Crippen LogP contribution in [0.5, 0.6) is 0 Å². The largest absolute Gasteiger partial charge is 0.461 e. The zero-order valence-electron chi connectivity index (χ0n) is 9.56. The second-order valence-electron chi connectivity index (χ2n) is 3.48. The lowest BCUT2D eigenvalue weighted by Crippen LogP contribution is -2.04. The lowest BCUT2D eigenvalue weighted by atomic mass is 10.3. The van der Waals surface area contributed by atoms with Gasteiger partial charge in [-0.05, 0) is 25.1 Å². The van der Waals surface area contributed by atoms with E-state index in [1.807, 2.05) is 0 Å². The summed E-state index contributed by atoms with van der Waals surface area (Å²) in [6.45, 7) is 1.99. The predicted molar refractivity (Wildman–Crippen MR) is 64.5 cm³/mol. The number of esters is 1. The topological polar surface area (TPSA) is 44.1 Å². The van der Waals surface area contributed by atoms with Crippen molar-refractivity contribution in [2.45, 2.75) is 6.92 Å². The van der Waals surface area contributed by atoms with E-state index in [1.54, 1.807) is 6.92 Å².